The molecule has 0 saturated heterocycles. The Labute approximate surface area is 101 Å². The molecule has 78 valence electrons. The third-order valence-corrected chi connectivity index (χ3v) is 2.83. The van der Waals surface area contributed by atoms with Crippen molar-refractivity contribution in [3.8, 4) is 11.5 Å². The first-order valence-electron chi connectivity index (χ1n) is 4.43. The van der Waals surface area contributed by atoms with Crippen LogP contribution in [0.5, 0.6) is 11.5 Å². The maximum absolute atomic E-state index is 5.42. The summed E-state index contributed by atoms with van der Waals surface area (Å²) in [5.74, 6) is 1.64. The van der Waals surface area contributed by atoms with Crippen molar-refractivity contribution in [1.29, 1.82) is 0 Å². The summed E-state index contributed by atoms with van der Waals surface area (Å²) in [6.07, 6.45) is 0. The van der Waals surface area contributed by atoms with Crippen molar-refractivity contribution in [1.82, 2.24) is 0 Å². The van der Waals surface area contributed by atoms with Gasteiger partial charge in [-0.2, -0.15) is 0 Å². The van der Waals surface area contributed by atoms with Crippen molar-refractivity contribution in [2.75, 3.05) is 13.2 Å². The van der Waals surface area contributed by atoms with E-state index in [9.17, 15) is 0 Å². The van der Waals surface area contributed by atoms with E-state index in [0.29, 0.717) is 13.2 Å². The quantitative estimate of drug-likeness (QED) is 0.833. The average Bonchev–Trinajstić information content (AvgIpc) is 2.14. The smallest absolute Gasteiger partial charge is 0.134 e. The second kappa shape index (κ2) is 5.61. The maximum atomic E-state index is 5.42. The first kappa shape index (κ1) is 11.9. The minimum atomic E-state index is 0.652. The Morgan fingerprint density at radius 1 is 0.929 bits per heavy atom. The highest BCUT2D eigenvalue weighted by Crippen LogP contribution is 2.36. The summed E-state index contributed by atoms with van der Waals surface area (Å²) in [5, 5.41) is 0. The van der Waals surface area contributed by atoms with Gasteiger partial charge in [0.05, 0.1) is 22.2 Å². The Balaban J connectivity index is 2.97. The summed E-state index contributed by atoms with van der Waals surface area (Å²) in [6, 6.07) is 3.80. The third-order valence-electron chi connectivity index (χ3n) is 1.59. The van der Waals surface area contributed by atoms with Gasteiger partial charge < -0.3 is 9.47 Å². The molecular weight excluding hydrogens is 312 g/mol. The molecule has 0 aliphatic heterocycles. The zero-order valence-electron chi connectivity index (χ0n) is 8.14. The first-order chi connectivity index (χ1) is 6.69. The fraction of sp³-hybridized carbons (Fsp3) is 0.400. The van der Waals surface area contributed by atoms with Crippen LogP contribution in [0.2, 0.25) is 0 Å². The Kier molecular flexibility index (Phi) is 4.75. The van der Waals surface area contributed by atoms with Crippen LogP contribution in [0.25, 0.3) is 0 Å². The van der Waals surface area contributed by atoms with Crippen LogP contribution in [0.15, 0.2) is 21.1 Å². The molecule has 0 spiro atoms. The number of rotatable bonds is 4. The van der Waals surface area contributed by atoms with Crippen LogP contribution in [-0.4, -0.2) is 13.2 Å². The summed E-state index contributed by atoms with van der Waals surface area (Å²) >= 11 is 6.85. The van der Waals surface area contributed by atoms with Crippen LogP contribution in [0, 0.1) is 0 Å². The van der Waals surface area contributed by atoms with Crippen molar-refractivity contribution in [2.24, 2.45) is 0 Å². The first-order valence-corrected chi connectivity index (χ1v) is 6.02. The topological polar surface area (TPSA) is 18.5 Å². The lowest BCUT2D eigenvalue weighted by Gasteiger charge is -2.10. The Bertz CT molecular complexity index is 281. The third kappa shape index (κ3) is 2.89. The van der Waals surface area contributed by atoms with Gasteiger partial charge in [0.15, 0.2) is 0 Å². The lowest BCUT2D eigenvalue weighted by molar-refractivity contribution is 0.327. The van der Waals surface area contributed by atoms with Gasteiger partial charge in [0.25, 0.3) is 0 Å². The monoisotopic (exact) mass is 322 g/mol. The van der Waals surface area contributed by atoms with E-state index < -0.39 is 0 Å². The molecule has 0 radical (unpaired) electrons. The minimum Gasteiger partial charge on any atom is -0.493 e. The molecule has 0 aromatic heterocycles. The molecule has 2 nitrogen and oxygen atoms in total. The van der Waals surface area contributed by atoms with Crippen molar-refractivity contribution < 1.29 is 9.47 Å². The molecule has 0 unspecified atom stereocenters. The number of ether oxygens (including phenoxy) is 2. The molecule has 4 heteroatoms. The molecule has 14 heavy (non-hydrogen) atoms. The Morgan fingerprint density at radius 2 is 1.29 bits per heavy atom. The summed E-state index contributed by atoms with van der Waals surface area (Å²) in [7, 11) is 0. The largest absolute Gasteiger partial charge is 0.493 e. The van der Waals surface area contributed by atoms with Crippen molar-refractivity contribution in [2.45, 2.75) is 13.8 Å². The van der Waals surface area contributed by atoms with Crippen LogP contribution in [0.1, 0.15) is 13.8 Å². The van der Waals surface area contributed by atoms with E-state index in [1.54, 1.807) is 0 Å². The summed E-state index contributed by atoms with van der Waals surface area (Å²) in [6.45, 7) is 5.21. The predicted molar refractivity (Wildman–Crippen MR) is 64.2 cm³/mol. The van der Waals surface area contributed by atoms with E-state index in [4.69, 9.17) is 9.47 Å². The van der Waals surface area contributed by atoms with Gasteiger partial charge in [-0.25, -0.2) is 0 Å². The fourth-order valence-corrected chi connectivity index (χ4v) is 1.92. The Hall–Kier alpha value is -0.220. The fourth-order valence-electron chi connectivity index (χ4n) is 1.04. The van der Waals surface area contributed by atoms with Gasteiger partial charge in [-0.05, 0) is 57.8 Å². The molecule has 0 aliphatic rings. The molecule has 0 bridgehead atoms. The van der Waals surface area contributed by atoms with Gasteiger partial charge in [0, 0.05) is 0 Å². The lowest BCUT2D eigenvalue weighted by atomic mass is 10.3. The normalized spacial score (nSPS) is 10.0. The van der Waals surface area contributed by atoms with Crippen LogP contribution in [0.4, 0.5) is 0 Å². The van der Waals surface area contributed by atoms with Crippen LogP contribution < -0.4 is 9.47 Å². The molecule has 0 atom stereocenters. The summed E-state index contributed by atoms with van der Waals surface area (Å²) in [5.41, 5.74) is 0. The van der Waals surface area contributed by atoms with E-state index in [1.807, 2.05) is 26.0 Å². The van der Waals surface area contributed by atoms with Gasteiger partial charge in [0.2, 0.25) is 0 Å². The average molecular weight is 324 g/mol. The van der Waals surface area contributed by atoms with Crippen LogP contribution >= 0.6 is 31.9 Å². The minimum absolute atomic E-state index is 0.652. The SMILES string of the molecule is CCOc1cc(Br)c(OCC)cc1Br. The molecule has 0 fully saturated rings. The molecule has 1 aromatic rings. The number of hydrogen-bond donors (Lipinski definition) is 0. The summed E-state index contributed by atoms with van der Waals surface area (Å²) in [4.78, 5) is 0. The van der Waals surface area contributed by atoms with Crippen molar-refractivity contribution in [3.05, 3.63) is 21.1 Å². The molecular formula is C10H12Br2O2. The predicted octanol–water partition coefficient (Wildman–Crippen LogP) is 4.01. The highest BCUT2D eigenvalue weighted by molar-refractivity contribution is 9.11. The molecule has 0 heterocycles. The lowest BCUT2D eigenvalue weighted by Crippen LogP contribution is -1.96. The molecule has 0 saturated carbocycles. The number of halogens is 2. The number of hydrogen-bond acceptors (Lipinski definition) is 2. The molecule has 0 amide bonds. The number of benzene rings is 1. The maximum Gasteiger partial charge on any atom is 0.134 e. The van der Waals surface area contributed by atoms with Crippen LogP contribution in [-0.2, 0) is 0 Å². The van der Waals surface area contributed by atoms with Gasteiger partial charge >= 0.3 is 0 Å². The van der Waals surface area contributed by atoms with Gasteiger partial charge in [-0.1, -0.05) is 0 Å². The van der Waals surface area contributed by atoms with Crippen molar-refractivity contribution >= 4 is 31.9 Å². The van der Waals surface area contributed by atoms with E-state index in [1.165, 1.54) is 0 Å². The van der Waals surface area contributed by atoms with E-state index >= 15 is 0 Å². The molecule has 0 aliphatic carbocycles. The van der Waals surface area contributed by atoms with E-state index in [2.05, 4.69) is 31.9 Å². The Morgan fingerprint density at radius 3 is 1.57 bits per heavy atom. The van der Waals surface area contributed by atoms with Crippen molar-refractivity contribution in [3.63, 3.8) is 0 Å². The van der Waals surface area contributed by atoms with Gasteiger partial charge in [-0.3, -0.25) is 0 Å². The second-order valence-electron chi connectivity index (χ2n) is 2.58. The van der Waals surface area contributed by atoms with Gasteiger partial charge in [-0.15, -0.1) is 0 Å². The zero-order valence-corrected chi connectivity index (χ0v) is 11.3. The molecule has 1 aromatic carbocycles. The van der Waals surface area contributed by atoms with E-state index in [0.717, 1.165) is 20.4 Å². The highest BCUT2D eigenvalue weighted by atomic mass is 79.9. The van der Waals surface area contributed by atoms with Gasteiger partial charge in [0.1, 0.15) is 11.5 Å². The highest BCUT2D eigenvalue weighted by Gasteiger charge is 2.07. The van der Waals surface area contributed by atoms with E-state index in [-0.39, 0.29) is 0 Å². The zero-order chi connectivity index (χ0) is 10.6. The molecule has 1 rings (SSSR count). The molecule has 0 N–H and O–H groups in total. The standard InChI is InChI=1S/C10H12Br2O2/c1-3-13-9-5-8(12)10(14-4-2)6-7(9)11/h5-6H,3-4H2,1-2H3. The second-order valence-corrected chi connectivity index (χ2v) is 4.29. The summed E-state index contributed by atoms with van der Waals surface area (Å²) < 4.78 is 12.7. The van der Waals surface area contributed by atoms with Crippen LogP contribution in [0.3, 0.4) is 0 Å².